The summed E-state index contributed by atoms with van der Waals surface area (Å²) in [6.07, 6.45) is 5.59. The highest BCUT2D eigenvalue weighted by atomic mass is 32.2. The maximum atomic E-state index is 12.2. The highest BCUT2D eigenvalue weighted by molar-refractivity contribution is 8.03. The van der Waals surface area contributed by atoms with E-state index in [-0.39, 0.29) is 11.8 Å². The van der Waals surface area contributed by atoms with Crippen molar-refractivity contribution in [2.75, 3.05) is 25.7 Å². The first-order chi connectivity index (χ1) is 10.1. The average Bonchev–Trinajstić information content (AvgIpc) is 2.94. The topological polar surface area (TPSA) is 55.3 Å². The van der Waals surface area contributed by atoms with Gasteiger partial charge < -0.3 is 9.64 Å². The molecule has 0 radical (unpaired) electrons. The van der Waals surface area contributed by atoms with E-state index >= 15 is 0 Å². The van der Waals surface area contributed by atoms with E-state index in [1.54, 1.807) is 25.1 Å². The van der Waals surface area contributed by atoms with Crippen LogP contribution in [0.1, 0.15) is 19.4 Å². The zero-order chi connectivity index (χ0) is 15.4. The second kappa shape index (κ2) is 7.17. The van der Waals surface area contributed by atoms with Crippen molar-refractivity contribution in [1.29, 1.82) is 0 Å². The standard InChI is InChI=1S/C14H19N3O2S2/c1-9(2)13(18)17-5-6-21-11(17)7-10-8-15-14(20-4)16-12(10)19-3/h7-9H,5-6H2,1-4H3/b11-7+. The number of hydrogen-bond acceptors (Lipinski definition) is 6. The SMILES string of the molecule is COc1nc(SC)ncc1/C=C1/SCCN1C(=O)C(C)C. The molecule has 1 fully saturated rings. The fraction of sp³-hybridized carbons (Fsp3) is 0.500. The van der Waals surface area contributed by atoms with E-state index in [0.29, 0.717) is 11.0 Å². The summed E-state index contributed by atoms with van der Waals surface area (Å²) in [4.78, 5) is 22.6. The lowest BCUT2D eigenvalue weighted by atomic mass is 10.2. The Hall–Kier alpha value is -1.21. The molecule has 1 aliphatic rings. The highest BCUT2D eigenvalue weighted by Crippen LogP contribution is 2.32. The van der Waals surface area contributed by atoms with Crippen LogP contribution in [0.2, 0.25) is 0 Å². The van der Waals surface area contributed by atoms with Gasteiger partial charge in [-0.05, 0) is 12.3 Å². The van der Waals surface area contributed by atoms with Gasteiger partial charge in [-0.25, -0.2) is 4.98 Å². The molecule has 0 atom stereocenters. The largest absolute Gasteiger partial charge is 0.480 e. The average molecular weight is 325 g/mol. The van der Waals surface area contributed by atoms with Crippen molar-refractivity contribution >= 4 is 35.5 Å². The molecule has 0 bridgehead atoms. The summed E-state index contributed by atoms with van der Waals surface area (Å²) < 4.78 is 5.32. The van der Waals surface area contributed by atoms with E-state index in [1.807, 2.05) is 31.1 Å². The third kappa shape index (κ3) is 3.71. The van der Waals surface area contributed by atoms with E-state index in [4.69, 9.17) is 4.74 Å². The smallest absolute Gasteiger partial charge is 0.229 e. The van der Waals surface area contributed by atoms with Crippen molar-refractivity contribution in [3.63, 3.8) is 0 Å². The molecule has 0 saturated carbocycles. The van der Waals surface area contributed by atoms with Gasteiger partial charge in [0.25, 0.3) is 0 Å². The summed E-state index contributed by atoms with van der Waals surface area (Å²) >= 11 is 3.14. The molecular weight excluding hydrogens is 306 g/mol. The Morgan fingerprint density at radius 1 is 1.57 bits per heavy atom. The number of hydrogen-bond donors (Lipinski definition) is 0. The molecule has 0 aliphatic carbocycles. The number of nitrogens with zero attached hydrogens (tertiary/aromatic N) is 3. The van der Waals surface area contributed by atoms with Gasteiger partial charge in [-0.1, -0.05) is 25.6 Å². The van der Waals surface area contributed by atoms with E-state index in [2.05, 4.69) is 9.97 Å². The van der Waals surface area contributed by atoms with Gasteiger partial charge in [-0.15, -0.1) is 11.8 Å². The van der Waals surface area contributed by atoms with Gasteiger partial charge in [-0.3, -0.25) is 4.79 Å². The molecule has 0 N–H and O–H groups in total. The predicted octanol–water partition coefficient (Wildman–Crippen LogP) is 2.74. The Morgan fingerprint density at radius 3 is 2.95 bits per heavy atom. The molecule has 7 heteroatoms. The van der Waals surface area contributed by atoms with Crippen molar-refractivity contribution in [2.24, 2.45) is 5.92 Å². The van der Waals surface area contributed by atoms with Crippen molar-refractivity contribution < 1.29 is 9.53 Å². The van der Waals surface area contributed by atoms with Crippen molar-refractivity contribution in [1.82, 2.24) is 14.9 Å². The Morgan fingerprint density at radius 2 is 2.33 bits per heavy atom. The van der Waals surface area contributed by atoms with Crippen LogP contribution < -0.4 is 4.74 Å². The zero-order valence-electron chi connectivity index (χ0n) is 12.6. The third-order valence-electron chi connectivity index (χ3n) is 3.00. The Bertz CT molecular complexity index is 561. The Balaban J connectivity index is 2.32. The third-order valence-corrected chi connectivity index (χ3v) is 4.59. The maximum absolute atomic E-state index is 12.2. The number of ether oxygens (including phenoxy) is 1. The van der Waals surface area contributed by atoms with Crippen LogP contribution in [0.15, 0.2) is 16.4 Å². The van der Waals surface area contributed by atoms with Crippen LogP contribution in [0.4, 0.5) is 0 Å². The van der Waals surface area contributed by atoms with Crippen LogP contribution in [0.25, 0.3) is 6.08 Å². The fourth-order valence-electron chi connectivity index (χ4n) is 1.93. The molecule has 0 aromatic carbocycles. The summed E-state index contributed by atoms with van der Waals surface area (Å²) in [7, 11) is 1.59. The summed E-state index contributed by atoms with van der Waals surface area (Å²) in [6.45, 7) is 4.58. The van der Waals surface area contributed by atoms with Gasteiger partial charge >= 0.3 is 0 Å². The van der Waals surface area contributed by atoms with E-state index < -0.39 is 0 Å². The van der Waals surface area contributed by atoms with Gasteiger partial charge in [0.1, 0.15) is 0 Å². The molecule has 1 aromatic rings. The summed E-state index contributed by atoms with van der Waals surface area (Å²) in [6, 6.07) is 0. The maximum Gasteiger partial charge on any atom is 0.229 e. The number of methoxy groups -OCH3 is 1. The summed E-state index contributed by atoms with van der Waals surface area (Å²) in [5, 5.41) is 1.61. The molecular formula is C14H19N3O2S2. The van der Waals surface area contributed by atoms with Crippen LogP contribution in [0, 0.1) is 5.92 Å². The molecule has 5 nitrogen and oxygen atoms in total. The summed E-state index contributed by atoms with van der Waals surface area (Å²) in [5.74, 6) is 1.58. The zero-order valence-corrected chi connectivity index (χ0v) is 14.3. The number of thioether (sulfide) groups is 2. The number of carbonyl (C=O) groups is 1. The lowest BCUT2D eigenvalue weighted by molar-refractivity contribution is -0.131. The molecule has 1 amide bonds. The Labute approximate surface area is 133 Å². The molecule has 2 heterocycles. The van der Waals surface area contributed by atoms with E-state index in [0.717, 1.165) is 22.9 Å². The first kappa shape index (κ1) is 16.2. The van der Waals surface area contributed by atoms with Gasteiger partial charge in [0.2, 0.25) is 11.8 Å². The normalized spacial score (nSPS) is 16.8. The number of aromatic nitrogens is 2. The van der Waals surface area contributed by atoms with Crippen LogP contribution in [0.3, 0.4) is 0 Å². The van der Waals surface area contributed by atoms with Gasteiger partial charge in [-0.2, -0.15) is 4.98 Å². The van der Waals surface area contributed by atoms with Gasteiger partial charge in [0.15, 0.2) is 5.16 Å². The van der Waals surface area contributed by atoms with Crippen LogP contribution in [-0.4, -0.2) is 46.4 Å². The molecule has 0 spiro atoms. The molecule has 1 saturated heterocycles. The number of carbonyl (C=O) groups excluding carboxylic acids is 1. The fourth-order valence-corrected chi connectivity index (χ4v) is 3.30. The van der Waals surface area contributed by atoms with Crippen molar-refractivity contribution in [2.45, 2.75) is 19.0 Å². The van der Waals surface area contributed by atoms with Crippen LogP contribution in [-0.2, 0) is 4.79 Å². The minimum Gasteiger partial charge on any atom is -0.480 e. The lowest BCUT2D eigenvalue weighted by Gasteiger charge is -2.19. The minimum absolute atomic E-state index is 0.0101. The van der Waals surface area contributed by atoms with Crippen LogP contribution in [0.5, 0.6) is 5.88 Å². The molecule has 2 rings (SSSR count). The first-order valence-electron chi connectivity index (χ1n) is 6.67. The van der Waals surface area contributed by atoms with Crippen LogP contribution >= 0.6 is 23.5 Å². The molecule has 114 valence electrons. The highest BCUT2D eigenvalue weighted by Gasteiger charge is 2.26. The second-order valence-electron chi connectivity index (χ2n) is 4.80. The quantitative estimate of drug-likeness (QED) is 0.627. The molecule has 21 heavy (non-hydrogen) atoms. The molecule has 1 aromatic heterocycles. The van der Waals surface area contributed by atoms with Gasteiger partial charge in [0.05, 0.1) is 17.7 Å². The lowest BCUT2D eigenvalue weighted by Crippen LogP contribution is -2.30. The monoisotopic (exact) mass is 325 g/mol. The number of rotatable bonds is 4. The molecule has 0 unspecified atom stereocenters. The van der Waals surface area contributed by atoms with Crippen molar-refractivity contribution in [3.8, 4) is 5.88 Å². The van der Waals surface area contributed by atoms with Gasteiger partial charge in [0, 0.05) is 24.4 Å². The van der Waals surface area contributed by atoms with E-state index in [1.165, 1.54) is 11.8 Å². The first-order valence-corrected chi connectivity index (χ1v) is 8.88. The van der Waals surface area contributed by atoms with E-state index in [9.17, 15) is 4.79 Å². The Kier molecular flexibility index (Phi) is 5.52. The minimum atomic E-state index is -0.0101. The molecule has 1 aliphatic heterocycles. The number of amides is 1. The second-order valence-corrected chi connectivity index (χ2v) is 6.69. The predicted molar refractivity (Wildman–Crippen MR) is 87.4 cm³/mol. The summed E-state index contributed by atoms with van der Waals surface area (Å²) in [5.41, 5.74) is 0.793. The van der Waals surface area contributed by atoms with Crippen molar-refractivity contribution in [3.05, 3.63) is 16.8 Å².